The number of nitrogens with one attached hydrogen (secondary N) is 2. The minimum Gasteiger partial charge on any atom is -0.461 e. The lowest BCUT2D eigenvalue weighted by Crippen LogP contribution is -2.36. The SMILES string of the molecule is CCOC(=O)c1cc2ccc(CNC(=O)C(F)(F)F)nc2n1Cc1cc(NC(=O)OC(C)(C)C)cc2ccccc12. The van der Waals surface area contributed by atoms with E-state index in [0.29, 0.717) is 16.7 Å². The number of carbonyl (C=O) groups excluding carboxylic acids is 3. The van der Waals surface area contributed by atoms with E-state index in [-0.39, 0.29) is 24.5 Å². The van der Waals surface area contributed by atoms with Gasteiger partial charge in [0, 0.05) is 11.1 Å². The zero-order valence-electron chi connectivity index (χ0n) is 22.9. The number of carbonyl (C=O) groups is 3. The number of pyridine rings is 1. The number of anilines is 1. The van der Waals surface area contributed by atoms with E-state index in [1.54, 1.807) is 56.5 Å². The fourth-order valence-corrected chi connectivity index (χ4v) is 4.25. The van der Waals surface area contributed by atoms with E-state index >= 15 is 0 Å². The van der Waals surface area contributed by atoms with E-state index in [9.17, 15) is 27.6 Å². The lowest BCUT2D eigenvalue weighted by atomic mass is 10.0. The molecule has 0 aliphatic heterocycles. The van der Waals surface area contributed by atoms with E-state index in [1.165, 1.54) is 6.07 Å². The first-order valence-electron chi connectivity index (χ1n) is 12.8. The Balaban J connectivity index is 1.78. The second kappa shape index (κ2) is 11.5. The fraction of sp³-hybridized carbons (Fsp3) is 0.310. The first-order chi connectivity index (χ1) is 19.2. The number of hydrogen-bond donors (Lipinski definition) is 2. The van der Waals surface area contributed by atoms with Crippen LogP contribution in [0.4, 0.5) is 23.7 Å². The third-order valence-electron chi connectivity index (χ3n) is 5.89. The monoisotopic (exact) mass is 570 g/mol. The molecule has 0 atom stereocenters. The van der Waals surface area contributed by atoms with Crippen LogP contribution in [0, 0.1) is 0 Å². The Labute approximate surface area is 233 Å². The largest absolute Gasteiger partial charge is 0.471 e. The summed E-state index contributed by atoms with van der Waals surface area (Å²) in [6.45, 7) is 6.69. The van der Waals surface area contributed by atoms with Gasteiger partial charge in [-0.1, -0.05) is 24.3 Å². The molecule has 0 aliphatic rings. The van der Waals surface area contributed by atoms with Gasteiger partial charge < -0.3 is 19.4 Å². The lowest BCUT2D eigenvalue weighted by Gasteiger charge is -2.20. The molecule has 0 saturated carbocycles. The number of esters is 1. The summed E-state index contributed by atoms with van der Waals surface area (Å²) in [6, 6.07) is 15.7. The molecule has 9 nitrogen and oxygen atoms in total. The van der Waals surface area contributed by atoms with E-state index in [2.05, 4.69) is 10.3 Å². The maximum atomic E-state index is 12.9. The van der Waals surface area contributed by atoms with Crippen LogP contribution >= 0.6 is 0 Å². The minimum absolute atomic E-state index is 0.105. The van der Waals surface area contributed by atoms with Crippen molar-refractivity contribution >= 4 is 45.5 Å². The smallest absolute Gasteiger partial charge is 0.461 e. The predicted octanol–water partition coefficient (Wildman–Crippen LogP) is 5.94. The molecule has 0 aliphatic carbocycles. The highest BCUT2D eigenvalue weighted by Gasteiger charge is 2.38. The molecule has 2 heterocycles. The Morgan fingerprint density at radius 1 is 0.976 bits per heavy atom. The average molecular weight is 571 g/mol. The number of nitrogens with zero attached hydrogens (tertiary/aromatic N) is 2. The number of amides is 2. The van der Waals surface area contributed by atoms with Gasteiger partial charge in [0.2, 0.25) is 0 Å². The molecule has 2 N–H and O–H groups in total. The van der Waals surface area contributed by atoms with Gasteiger partial charge in [-0.25, -0.2) is 14.6 Å². The van der Waals surface area contributed by atoms with Crippen molar-refractivity contribution in [2.24, 2.45) is 0 Å². The Morgan fingerprint density at radius 2 is 1.71 bits per heavy atom. The van der Waals surface area contributed by atoms with Crippen LogP contribution < -0.4 is 10.6 Å². The topological polar surface area (TPSA) is 112 Å². The number of hydrogen-bond acceptors (Lipinski definition) is 6. The fourth-order valence-electron chi connectivity index (χ4n) is 4.25. The van der Waals surface area contributed by atoms with Gasteiger partial charge in [-0.3, -0.25) is 10.1 Å². The third kappa shape index (κ3) is 7.13. The molecule has 216 valence electrons. The quantitative estimate of drug-likeness (QED) is 0.266. The molecule has 41 heavy (non-hydrogen) atoms. The molecule has 0 unspecified atom stereocenters. The van der Waals surface area contributed by atoms with Crippen LogP contribution in [0.2, 0.25) is 0 Å². The molecule has 2 amide bonds. The van der Waals surface area contributed by atoms with Crippen LogP contribution in [-0.4, -0.2) is 45.9 Å². The van der Waals surface area contributed by atoms with Gasteiger partial charge in [0.25, 0.3) is 0 Å². The van der Waals surface area contributed by atoms with Gasteiger partial charge in [-0.2, -0.15) is 13.2 Å². The number of aromatic nitrogens is 2. The van der Waals surface area contributed by atoms with Crippen LogP contribution in [-0.2, 0) is 27.4 Å². The zero-order valence-corrected chi connectivity index (χ0v) is 22.9. The van der Waals surface area contributed by atoms with Crippen molar-refractivity contribution in [2.45, 2.75) is 52.6 Å². The zero-order chi connectivity index (χ0) is 29.9. The highest BCUT2D eigenvalue weighted by molar-refractivity contribution is 5.96. The summed E-state index contributed by atoms with van der Waals surface area (Å²) in [7, 11) is 0. The van der Waals surface area contributed by atoms with Crippen LogP contribution in [0.3, 0.4) is 0 Å². The molecule has 0 saturated heterocycles. The van der Waals surface area contributed by atoms with Gasteiger partial charge in [0.1, 0.15) is 16.9 Å². The van der Waals surface area contributed by atoms with Crippen molar-refractivity contribution in [3.8, 4) is 0 Å². The van der Waals surface area contributed by atoms with E-state index < -0.39 is 36.3 Å². The van der Waals surface area contributed by atoms with Gasteiger partial charge >= 0.3 is 24.1 Å². The summed E-state index contributed by atoms with van der Waals surface area (Å²) in [6.07, 6.45) is -5.66. The van der Waals surface area contributed by atoms with Crippen molar-refractivity contribution in [3.05, 3.63) is 71.5 Å². The van der Waals surface area contributed by atoms with Crippen molar-refractivity contribution in [1.29, 1.82) is 0 Å². The Bertz CT molecular complexity index is 1620. The maximum Gasteiger partial charge on any atom is 0.471 e. The first kappa shape index (κ1) is 29.4. The number of halogens is 3. The second-order valence-corrected chi connectivity index (χ2v) is 10.2. The van der Waals surface area contributed by atoms with Crippen LogP contribution in [0.25, 0.3) is 21.8 Å². The summed E-state index contributed by atoms with van der Waals surface area (Å²) in [5, 5.41) is 6.75. The molecule has 2 aromatic heterocycles. The summed E-state index contributed by atoms with van der Waals surface area (Å²) in [5.41, 5.74) is 1.13. The number of alkyl halides is 3. The van der Waals surface area contributed by atoms with E-state index in [0.717, 1.165) is 16.3 Å². The first-order valence-corrected chi connectivity index (χ1v) is 12.8. The molecular formula is C29H29F3N4O5. The van der Waals surface area contributed by atoms with Crippen molar-refractivity contribution in [3.63, 3.8) is 0 Å². The maximum absolute atomic E-state index is 12.9. The summed E-state index contributed by atoms with van der Waals surface area (Å²) in [4.78, 5) is 41.2. The Morgan fingerprint density at radius 3 is 2.39 bits per heavy atom. The molecular weight excluding hydrogens is 541 g/mol. The van der Waals surface area contributed by atoms with Crippen LogP contribution in [0.5, 0.6) is 0 Å². The highest BCUT2D eigenvalue weighted by Crippen LogP contribution is 2.28. The van der Waals surface area contributed by atoms with E-state index in [4.69, 9.17) is 9.47 Å². The average Bonchev–Trinajstić information content (AvgIpc) is 3.23. The van der Waals surface area contributed by atoms with Gasteiger partial charge in [-0.05, 0) is 74.4 Å². The van der Waals surface area contributed by atoms with Crippen LogP contribution in [0.1, 0.15) is 49.4 Å². The molecule has 0 fully saturated rings. The lowest BCUT2D eigenvalue weighted by molar-refractivity contribution is -0.173. The molecule has 2 aromatic carbocycles. The highest BCUT2D eigenvalue weighted by atomic mass is 19.4. The van der Waals surface area contributed by atoms with Gasteiger partial charge in [0.05, 0.1) is 25.4 Å². The molecule has 0 spiro atoms. The standard InChI is InChI=1S/C29H29F3N4O5/c1-5-40-25(37)23-14-18-10-11-20(15-33-26(38)29(30,31)32)34-24(18)36(23)16-19-13-21(35-27(39)41-28(2,3)4)12-17-8-6-7-9-22(17)19/h6-14H,5,15-16H2,1-4H3,(H,33,38)(H,35,39). The number of rotatable bonds is 7. The Hall–Kier alpha value is -4.61. The molecule has 4 rings (SSSR count). The summed E-state index contributed by atoms with van der Waals surface area (Å²) in [5.74, 6) is -2.69. The van der Waals surface area contributed by atoms with Gasteiger partial charge in [-0.15, -0.1) is 0 Å². The minimum atomic E-state index is -5.03. The molecule has 12 heteroatoms. The van der Waals surface area contributed by atoms with Crippen molar-refractivity contribution in [1.82, 2.24) is 14.9 Å². The van der Waals surface area contributed by atoms with Crippen molar-refractivity contribution in [2.75, 3.05) is 11.9 Å². The predicted molar refractivity (Wildman–Crippen MR) is 146 cm³/mol. The third-order valence-corrected chi connectivity index (χ3v) is 5.89. The molecule has 0 radical (unpaired) electrons. The van der Waals surface area contributed by atoms with E-state index in [1.807, 2.05) is 29.6 Å². The summed E-state index contributed by atoms with van der Waals surface area (Å²) >= 11 is 0. The summed E-state index contributed by atoms with van der Waals surface area (Å²) < 4.78 is 50.3. The van der Waals surface area contributed by atoms with Crippen LogP contribution in [0.15, 0.2) is 54.6 Å². The second-order valence-electron chi connectivity index (χ2n) is 10.2. The number of ether oxygens (including phenoxy) is 2. The molecule has 4 aromatic rings. The Kier molecular flexibility index (Phi) is 8.22. The number of benzene rings is 2. The van der Waals surface area contributed by atoms with Crippen molar-refractivity contribution < 1.29 is 37.0 Å². The molecule has 0 bridgehead atoms. The normalized spacial score (nSPS) is 11.9. The van der Waals surface area contributed by atoms with Gasteiger partial charge in [0.15, 0.2) is 0 Å². The number of fused-ring (bicyclic) bond motifs is 2.